The third-order valence-corrected chi connectivity index (χ3v) is 18.4. The van der Waals surface area contributed by atoms with Gasteiger partial charge in [-0.2, -0.15) is 0 Å². The van der Waals surface area contributed by atoms with E-state index in [1.807, 2.05) is 0 Å². The molecule has 0 bridgehead atoms. The Labute approximate surface area is 356 Å². The first-order chi connectivity index (χ1) is 28.0. The first-order valence-corrected chi connectivity index (χ1v) is 23.4. The first kappa shape index (κ1) is 37.9. The van der Waals surface area contributed by atoms with Gasteiger partial charge in [0.25, 0.3) is 0 Å². The lowest BCUT2D eigenvalue weighted by molar-refractivity contribution is 0.0797. The molecule has 2 heterocycles. The monoisotopic (exact) mass is 776 g/mol. The van der Waals surface area contributed by atoms with Crippen LogP contribution in [0.5, 0.6) is 0 Å². The molecule has 59 heavy (non-hydrogen) atoms. The van der Waals surface area contributed by atoms with Crippen LogP contribution in [0.25, 0.3) is 0 Å². The van der Waals surface area contributed by atoms with Gasteiger partial charge in [-0.25, -0.2) is 0 Å². The predicted octanol–water partition coefficient (Wildman–Crippen LogP) is 13.1. The lowest BCUT2D eigenvalue weighted by Crippen LogP contribution is -2.59. The van der Waals surface area contributed by atoms with Gasteiger partial charge in [0.05, 0.1) is 0 Å². The van der Waals surface area contributed by atoms with E-state index in [4.69, 9.17) is 0 Å². The highest BCUT2D eigenvalue weighted by molar-refractivity contribution is 6.97. The van der Waals surface area contributed by atoms with E-state index < -0.39 is 0 Å². The molecule has 1 nitrogen and oxygen atoms in total. The molecule has 0 aromatic heterocycles. The van der Waals surface area contributed by atoms with Gasteiger partial charge in [0.15, 0.2) is 0 Å². The van der Waals surface area contributed by atoms with Gasteiger partial charge in [0.2, 0.25) is 6.71 Å². The smallest absolute Gasteiger partial charge is 0.242 e. The molecular formula is C57H66BN. The molecule has 302 valence electrons. The maximum Gasteiger partial charge on any atom is 0.242 e. The summed E-state index contributed by atoms with van der Waals surface area (Å²) in [6.45, 7) is 25.0. The standard InChI is InChI=1S/C57H66BN/c1-52(2,3)37-21-25-39(26-22-37)59(40-27-23-38(24-28-40)53(4,5)6)41-33-36-34-45-48-43(54(7)29-11-12-31-56(45,54)9)17-15-19-46(48)58-47-20-16-18-44-49(47)50(42(35-41)51(36)58)57(10)32-14-13-30-55(44,57)8/h15-28,33,35,45,50H,11-14,29-32,34H2,1-10H3. The largest absolute Gasteiger partial charge is 0.310 e. The Morgan fingerprint density at radius 1 is 0.542 bits per heavy atom. The Hall–Kier alpha value is -4.04. The van der Waals surface area contributed by atoms with Crippen LogP contribution in [0.4, 0.5) is 17.1 Å². The fraction of sp³-hybridized carbons (Fsp3) is 0.474. The van der Waals surface area contributed by atoms with Crippen molar-refractivity contribution >= 4 is 40.2 Å². The maximum absolute atomic E-state index is 2.72. The van der Waals surface area contributed by atoms with Gasteiger partial charge in [-0.15, -0.1) is 0 Å². The molecule has 4 aliphatic carbocycles. The predicted molar refractivity (Wildman–Crippen MR) is 252 cm³/mol. The van der Waals surface area contributed by atoms with Gasteiger partial charge in [-0.3, -0.25) is 0 Å². The van der Waals surface area contributed by atoms with Crippen LogP contribution >= 0.6 is 0 Å². The lowest BCUT2D eigenvalue weighted by atomic mass is 9.31. The number of rotatable bonds is 3. The average Bonchev–Trinajstić information content (AvgIpc) is 3.45. The van der Waals surface area contributed by atoms with Crippen molar-refractivity contribution in [3.8, 4) is 0 Å². The van der Waals surface area contributed by atoms with Gasteiger partial charge in [-0.05, 0) is 151 Å². The van der Waals surface area contributed by atoms with Gasteiger partial charge in [-0.1, -0.05) is 172 Å². The molecular weight excluding hydrogens is 709 g/mol. The molecule has 5 aromatic rings. The molecule has 0 spiro atoms. The topological polar surface area (TPSA) is 3.24 Å². The third-order valence-electron chi connectivity index (χ3n) is 18.4. The van der Waals surface area contributed by atoms with Crippen molar-refractivity contribution < 1.29 is 0 Å². The van der Waals surface area contributed by atoms with E-state index in [1.165, 1.54) is 79.6 Å². The fourth-order valence-corrected chi connectivity index (χ4v) is 14.8. The summed E-state index contributed by atoms with van der Waals surface area (Å²) in [5.41, 5.74) is 22.4. The van der Waals surface area contributed by atoms with Crippen LogP contribution in [0.3, 0.4) is 0 Å². The van der Waals surface area contributed by atoms with E-state index in [0.717, 1.165) is 6.42 Å². The van der Waals surface area contributed by atoms with Crippen molar-refractivity contribution in [2.24, 2.45) is 10.8 Å². The molecule has 6 unspecified atom stereocenters. The fourth-order valence-electron chi connectivity index (χ4n) is 14.8. The molecule has 0 radical (unpaired) electrons. The van der Waals surface area contributed by atoms with E-state index in [-0.39, 0.29) is 39.2 Å². The summed E-state index contributed by atoms with van der Waals surface area (Å²) in [5.74, 6) is 0.900. The zero-order valence-corrected chi connectivity index (χ0v) is 37.8. The van der Waals surface area contributed by atoms with Gasteiger partial charge in [0, 0.05) is 23.0 Å². The van der Waals surface area contributed by atoms with Gasteiger partial charge in [0.1, 0.15) is 0 Å². The number of fused-ring (bicyclic) bond motifs is 9. The summed E-state index contributed by atoms with van der Waals surface area (Å²) in [7, 11) is 0. The van der Waals surface area contributed by atoms with Crippen molar-refractivity contribution in [3.63, 3.8) is 0 Å². The van der Waals surface area contributed by atoms with Crippen LogP contribution in [0.2, 0.25) is 0 Å². The van der Waals surface area contributed by atoms with Crippen LogP contribution < -0.4 is 21.3 Å². The van der Waals surface area contributed by atoms with Crippen LogP contribution in [0, 0.1) is 10.8 Å². The summed E-state index contributed by atoms with van der Waals surface area (Å²) in [4.78, 5) is 2.62. The van der Waals surface area contributed by atoms with E-state index in [0.29, 0.717) is 11.8 Å². The van der Waals surface area contributed by atoms with Crippen LogP contribution in [0.1, 0.15) is 177 Å². The molecule has 0 saturated heterocycles. The highest BCUT2D eigenvalue weighted by atomic mass is 15.1. The summed E-state index contributed by atoms with van der Waals surface area (Å²) >= 11 is 0. The molecule has 6 atom stereocenters. The second-order valence-corrected chi connectivity index (χ2v) is 23.2. The minimum absolute atomic E-state index is 0.0928. The Bertz CT molecular complexity index is 2470. The highest BCUT2D eigenvalue weighted by Gasteiger charge is 2.64. The molecule has 2 heteroatoms. The van der Waals surface area contributed by atoms with Crippen LogP contribution in [0.15, 0.2) is 97.1 Å². The highest BCUT2D eigenvalue weighted by Crippen LogP contribution is 2.69. The lowest BCUT2D eigenvalue weighted by Gasteiger charge is -2.50. The van der Waals surface area contributed by atoms with Crippen LogP contribution in [-0.2, 0) is 28.1 Å². The zero-order valence-electron chi connectivity index (χ0n) is 37.8. The van der Waals surface area contributed by atoms with Gasteiger partial charge >= 0.3 is 0 Å². The SMILES string of the molecule is CC(C)(C)c1ccc(N(c2ccc(C(C)(C)C)cc2)c2cc3c4c(c2)C2c5c(cccc5C5(C)CCCCC25C)B4c2cccc4c2C(C3)C2(C)CCCCC42C)cc1. The molecule has 11 rings (SSSR count). The summed E-state index contributed by atoms with van der Waals surface area (Å²) < 4.78 is 0. The Morgan fingerprint density at radius 3 is 1.59 bits per heavy atom. The van der Waals surface area contributed by atoms with E-state index in [9.17, 15) is 0 Å². The minimum Gasteiger partial charge on any atom is -0.310 e. The average molecular weight is 776 g/mol. The Morgan fingerprint density at radius 2 is 1.03 bits per heavy atom. The number of hydrogen-bond acceptors (Lipinski definition) is 1. The number of hydrogen-bond donors (Lipinski definition) is 0. The third kappa shape index (κ3) is 4.93. The number of anilines is 3. The first-order valence-electron chi connectivity index (χ1n) is 23.4. The van der Waals surface area contributed by atoms with Crippen molar-refractivity contribution in [2.75, 3.05) is 4.90 Å². The molecule has 2 aliphatic heterocycles. The van der Waals surface area contributed by atoms with Crippen molar-refractivity contribution in [2.45, 2.75) is 161 Å². The molecule has 2 fully saturated rings. The second kappa shape index (κ2) is 12.3. The van der Waals surface area contributed by atoms with Crippen LogP contribution in [-0.4, -0.2) is 6.71 Å². The molecule has 6 aliphatic rings. The van der Waals surface area contributed by atoms with Crippen molar-refractivity contribution in [1.82, 2.24) is 0 Å². The van der Waals surface area contributed by atoms with E-state index >= 15 is 0 Å². The summed E-state index contributed by atoms with van der Waals surface area (Å²) in [5, 5.41) is 0. The molecule has 0 amide bonds. The normalized spacial score (nSPS) is 29.8. The molecule has 5 aromatic carbocycles. The maximum atomic E-state index is 2.72. The van der Waals surface area contributed by atoms with Crippen molar-refractivity contribution in [3.05, 3.63) is 142 Å². The van der Waals surface area contributed by atoms with E-state index in [2.05, 4.69) is 171 Å². The zero-order chi connectivity index (χ0) is 41.1. The van der Waals surface area contributed by atoms with Crippen molar-refractivity contribution in [1.29, 1.82) is 0 Å². The number of benzene rings is 5. The van der Waals surface area contributed by atoms with Gasteiger partial charge < -0.3 is 4.90 Å². The Balaban J connectivity index is 1.21. The van der Waals surface area contributed by atoms with E-state index in [1.54, 1.807) is 49.8 Å². The molecule has 0 N–H and O–H groups in total. The Kier molecular flexibility index (Phi) is 7.90. The quantitative estimate of drug-likeness (QED) is 0.165. The molecule has 2 saturated carbocycles. The second-order valence-electron chi connectivity index (χ2n) is 23.2. The minimum atomic E-state index is 0.0928. The number of nitrogens with zero attached hydrogens (tertiary/aromatic N) is 1. The summed E-state index contributed by atoms with van der Waals surface area (Å²) in [6, 6.07) is 39.7. The summed E-state index contributed by atoms with van der Waals surface area (Å²) in [6.07, 6.45) is 11.7.